The minimum absolute atomic E-state index is 0.0130. The van der Waals surface area contributed by atoms with E-state index in [-0.39, 0.29) is 12.5 Å². The highest BCUT2D eigenvalue weighted by molar-refractivity contribution is 5.77. The van der Waals surface area contributed by atoms with Crippen molar-refractivity contribution >= 4 is 5.91 Å². The summed E-state index contributed by atoms with van der Waals surface area (Å²) in [5, 5.41) is 2.96. The average molecular weight is 479 g/mol. The number of likely N-dealkylation sites (N-methyl/N-ethyl adjacent to an activating group) is 1. The maximum Gasteiger partial charge on any atom is 0.248 e. The number of terminal acetylenes is 1. The Morgan fingerprint density at radius 1 is 1.06 bits per heavy atom. The van der Waals surface area contributed by atoms with Gasteiger partial charge in [-0.1, -0.05) is 37.1 Å². The molecular formula is C28H50N2O4. The molecule has 1 N–H and O–H groups in total. The molecule has 0 aliphatic heterocycles. The van der Waals surface area contributed by atoms with Crippen molar-refractivity contribution in [1.29, 1.82) is 0 Å². The molecule has 0 aliphatic carbocycles. The molecule has 6 nitrogen and oxygen atoms in total. The number of amides is 1. The molecule has 0 aromatic heterocycles. The van der Waals surface area contributed by atoms with E-state index in [0.29, 0.717) is 26.4 Å². The molecule has 0 saturated heterocycles. The molecule has 34 heavy (non-hydrogen) atoms. The summed E-state index contributed by atoms with van der Waals surface area (Å²) >= 11 is 0. The van der Waals surface area contributed by atoms with Gasteiger partial charge in [-0.15, -0.1) is 12.8 Å². The number of nitrogens with zero attached hydrogens (tertiary/aromatic N) is 1. The Labute approximate surface area is 210 Å². The standard InChI is InChI=1S/C11H16O.C9H19NO3.C6H13N.C2H2/c1-4-7-12-11-6-5-9(2)8-10(11)3;1-4-10(3)9(11)8-13-7-6-12-5-2;1-4-6(2)5-7-3;1-2/h5-6,8H,4,7H2,1-3H3;4-8H2,1-3H3;5,7H,4H2,1-3H3;1-2H/b;;6-5+;. The fraction of sp³-hybridized carbons (Fsp3) is 0.607. The topological polar surface area (TPSA) is 60.0 Å². The van der Waals surface area contributed by atoms with Gasteiger partial charge in [0.05, 0.1) is 19.8 Å². The van der Waals surface area contributed by atoms with Crippen molar-refractivity contribution in [2.45, 2.75) is 61.3 Å². The van der Waals surface area contributed by atoms with Gasteiger partial charge in [0.2, 0.25) is 5.91 Å². The minimum atomic E-state index is 0.0130. The fourth-order valence-corrected chi connectivity index (χ4v) is 2.23. The monoisotopic (exact) mass is 478 g/mol. The number of carbonyl (C=O) groups is 1. The number of hydrogen-bond donors (Lipinski definition) is 1. The zero-order valence-electron chi connectivity index (χ0n) is 23.2. The van der Waals surface area contributed by atoms with Crippen molar-refractivity contribution in [1.82, 2.24) is 10.2 Å². The van der Waals surface area contributed by atoms with E-state index < -0.39 is 0 Å². The molecule has 0 atom stereocenters. The van der Waals surface area contributed by atoms with Crippen LogP contribution in [0.4, 0.5) is 0 Å². The van der Waals surface area contributed by atoms with Gasteiger partial charge < -0.3 is 24.4 Å². The largest absolute Gasteiger partial charge is 0.493 e. The van der Waals surface area contributed by atoms with Crippen LogP contribution in [0.5, 0.6) is 5.75 Å². The number of hydrogen-bond acceptors (Lipinski definition) is 5. The maximum absolute atomic E-state index is 11.2. The van der Waals surface area contributed by atoms with Crippen molar-refractivity contribution in [3.8, 4) is 18.6 Å². The molecular weight excluding hydrogens is 428 g/mol. The molecule has 0 heterocycles. The highest BCUT2D eigenvalue weighted by atomic mass is 16.5. The number of rotatable bonds is 12. The van der Waals surface area contributed by atoms with Crippen LogP contribution in [0.1, 0.15) is 58.6 Å². The van der Waals surface area contributed by atoms with E-state index in [0.717, 1.165) is 25.2 Å². The zero-order chi connectivity index (χ0) is 26.8. The molecule has 0 radical (unpaired) electrons. The molecule has 1 aromatic rings. The summed E-state index contributed by atoms with van der Waals surface area (Å²) in [4.78, 5) is 12.8. The summed E-state index contributed by atoms with van der Waals surface area (Å²) in [5.41, 5.74) is 3.90. The average Bonchev–Trinajstić information content (AvgIpc) is 2.85. The zero-order valence-corrected chi connectivity index (χ0v) is 23.2. The van der Waals surface area contributed by atoms with Crippen LogP contribution in [-0.2, 0) is 14.3 Å². The lowest BCUT2D eigenvalue weighted by Crippen LogP contribution is -2.30. The van der Waals surface area contributed by atoms with Crippen LogP contribution in [0, 0.1) is 26.7 Å². The van der Waals surface area contributed by atoms with Crippen LogP contribution in [0.25, 0.3) is 0 Å². The number of allylic oxidation sites excluding steroid dienone is 1. The normalized spacial score (nSPS) is 9.79. The third-order valence-electron chi connectivity index (χ3n) is 4.44. The van der Waals surface area contributed by atoms with E-state index in [4.69, 9.17) is 14.2 Å². The summed E-state index contributed by atoms with van der Waals surface area (Å²) in [6, 6.07) is 6.27. The molecule has 1 aromatic carbocycles. The van der Waals surface area contributed by atoms with Crippen LogP contribution < -0.4 is 10.1 Å². The predicted molar refractivity (Wildman–Crippen MR) is 145 cm³/mol. The van der Waals surface area contributed by atoms with Gasteiger partial charge in [0, 0.05) is 27.2 Å². The number of nitrogens with one attached hydrogen (secondary N) is 1. The van der Waals surface area contributed by atoms with Gasteiger partial charge in [0.1, 0.15) is 12.4 Å². The number of ether oxygens (including phenoxy) is 3. The molecule has 0 spiro atoms. The van der Waals surface area contributed by atoms with Crippen molar-refractivity contribution in [3.63, 3.8) is 0 Å². The summed E-state index contributed by atoms with van der Waals surface area (Å²) in [7, 11) is 3.67. The maximum atomic E-state index is 11.2. The molecule has 196 valence electrons. The molecule has 0 aliphatic rings. The Morgan fingerprint density at radius 3 is 2.12 bits per heavy atom. The van der Waals surface area contributed by atoms with E-state index in [9.17, 15) is 4.79 Å². The van der Waals surface area contributed by atoms with Crippen LogP contribution in [-0.4, -0.2) is 64.5 Å². The van der Waals surface area contributed by atoms with Gasteiger partial charge in [0.15, 0.2) is 0 Å². The van der Waals surface area contributed by atoms with Gasteiger partial charge in [-0.25, -0.2) is 0 Å². The smallest absolute Gasteiger partial charge is 0.248 e. The Balaban J connectivity index is -0.000000425. The van der Waals surface area contributed by atoms with E-state index in [1.54, 1.807) is 11.9 Å². The number of carbonyl (C=O) groups excluding carboxylic acids is 1. The van der Waals surface area contributed by atoms with Crippen LogP contribution >= 0.6 is 0 Å². The summed E-state index contributed by atoms with van der Waals surface area (Å²) in [5.74, 6) is 1.03. The van der Waals surface area contributed by atoms with Crippen LogP contribution in [0.15, 0.2) is 30.0 Å². The molecule has 0 unspecified atom stereocenters. The molecule has 1 rings (SSSR count). The summed E-state index contributed by atoms with van der Waals surface area (Å²) in [6.45, 7) is 17.8. The Morgan fingerprint density at radius 2 is 1.68 bits per heavy atom. The third kappa shape index (κ3) is 22.7. The quantitative estimate of drug-likeness (QED) is 0.323. The molecule has 6 heteroatoms. The van der Waals surface area contributed by atoms with Gasteiger partial charge in [-0.2, -0.15) is 0 Å². The first-order valence-electron chi connectivity index (χ1n) is 12.0. The Kier molecular flexibility index (Phi) is 28.4. The van der Waals surface area contributed by atoms with Gasteiger partial charge in [0.25, 0.3) is 0 Å². The van der Waals surface area contributed by atoms with E-state index in [1.807, 2.05) is 33.2 Å². The molecule has 1 amide bonds. The van der Waals surface area contributed by atoms with Crippen molar-refractivity contribution in [2.24, 2.45) is 0 Å². The highest BCUT2D eigenvalue weighted by Gasteiger charge is 2.05. The lowest BCUT2D eigenvalue weighted by molar-refractivity contribution is -0.135. The lowest BCUT2D eigenvalue weighted by atomic mass is 10.1. The predicted octanol–water partition coefficient (Wildman–Crippen LogP) is 5.38. The minimum Gasteiger partial charge on any atom is -0.493 e. The van der Waals surface area contributed by atoms with Crippen LogP contribution in [0.2, 0.25) is 0 Å². The van der Waals surface area contributed by atoms with Crippen molar-refractivity contribution in [2.75, 3.05) is 53.7 Å². The van der Waals surface area contributed by atoms with Gasteiger partial charge in [-0.3, -0.25) is 4.79 Å². The molecule has 0 bridgehead atoms. The third-order valence-corrected chi connectivity index (χ3v) is 4.44. The van der Waals surface area contributed by atoms with E-state index >= 15 is 0 Å². The van der Waals surface area contributed by atoms with Crippen molar-refractivity contribution < 1.29 is 19.0 Å². The Hall–Kier alpha value is -2.49. The van der Waals surface area contributed by atoms with Gasteiger partial charge in [-0.05, 0) is 65.3 Å². The highest BCUT2D eigenvalue weighted by Crippen LogP contribution is 2.18. The second-order valence-electron chi connectivity index (χ2n) is 7.41. The van der Waals surface area contributed by atoms with Crippen LogP contribution in [0.3, 0.4) is 0 Å². The first-order chi connectivity index (χ1) is 16.3. The lowest BCUT2D eigenvalue weighted by Gasteiger charge is -2.14. The van der Waals surface area contributed by atoms with Crippen molar-refractivity contribution in [3.05, 3.63) is 41.1 Å². The Bertz CT molecular complexity index is 657. The SMILES string of the molecule is C#C.CC/C(C)=C/NC.CCCOc1ccc(C)cc1C.CCOCCOCC(=O)N(C)CC. The van der Waals surface area contributed by atoms with Gasteiger partial charge >= 0.3 is 0 Å². The molecule has 0 fully saturated rings. The summed E-state index contributed by atoms with van der Waals surface area (Å²) in [6.07, 6.45) is 12.2. The van der Waals surface area contributed by atoms with E-state index in [2.05, 4.69) is 64.9 Å². The second kappa shape index (κ2) is 26.8. The summed E-state index contributed by atoms with van der Waals surface area (Å²) < 4.78 is 15.7. The number of aryl methyl sites for hydroxylation is 2. The second-order valence-corrected chi connectivity index (χ2v) is 7.41. The fourth-order valence-electron chi connectivity index (χ4n) is 2.23. The molecule has 0 saturated carbocycles. The van der Waals surface area contributed by atoms with E-state index in [1.165, 1.54) is 16.7 Å². The first-order valence-corrected chi connectivity index (χ1v) is 12.0. The first kappa shape index (κ1) is 36.1. The number of benzene rings is 1.